The number of Topliss-reactive ketones (excluding diaryl/α,β-unsaturated/α-hetero) is 1. The molecule has 2 aromatic carbocycles. The van der Waals surface area contributed by atoms with Crippen molar-refractivity contribution < 1.29 is 29.1 Å². The summed E-state index contributed by atoms with van der Waals surface area (Å²) in [5.41, 5.74) is 0.304. The molecule has 0 spiro atoms. The first-order valence-corrected chi connectivity index (χ1v) is 10.2. The number of nitro groups is 1. The van der Waals surface area contributed by atoms with Gasteiger partial charge in [-0.2, -0.15) is 0 Å². The number of aliphatic hydroxyl groups excluding tert-OH is 1. The van der Waals surface area contributed by atoms with Crippen LogP contribution in [-0.4, -0.2) is 53.0 Å². The summed E-state index contributed by atoms with van der Waals surface area (Å²) in [6, 6.07) is 11.3. The Morgan fingerprint density at radius 1 is 1.25 bits per heavy atom. The van der Waals surface area contributed by atoms with E-state index in [9.17, 15) is 24.8 Å². The molecule has 2 saturated heterocycles. The molecular formula is C23H22N2O7. The van der Waals surface area contributed by atoms with Crippen LogP contribution in [0.3, 0.4) is 0 Å². The SMILES string of the molecule is COc1cccc(C2/C(=C(/O)c3cccc([N+](=O)[O-])c3)C(=O)C(=O)N2CC2CCCO2)c1. The summed E-state index contributed by atoms with van der Waals surface area (Å²) >= 11 is 0. The Balaban J connectivity index is 1.85. The predicted octanol–water partition coefficient (Wildman–Crippen LogP) is 3.20. The summed E-state index contributed by atoms with van der Waals surface area (Å²) in [6.45, 7) is 0.782. The number of ketones is 1. The number of non-ortho nitro benzene ring substituents is 1. The Bertz CT molecular complexity index is 1110. The van der Waals surface area contributed by atoms with Crippen LogP contribution in [0, 0.1) is 10.1 Å². The van der Waals surface area contributed by atoms with Gasteiger partial charge in [-0.15, -0.1) is 0 Å². The number of likely N-dealkylation sites (tertiary alicyclic amines) is 1. The van der Waals surface area contributed by atoms with E-state index in [1.54, 1.807) is 24.3 Å². The Labute approximate surface area is 184 Å². The summed E-state index contributed by atoms with van der Waals surface area (Å²) < 4.78 is 11.0. The van der Waals surface area contributed by atoms with Crippen molar-refractivity contribution in [3.05, 3.63) is 75.3 Å². The van der Waals surface area contributed by atoms with Crippen LogP contribution in [0.4, 0.5) is 5.69 Å². The molecule has 1 N–H and O–H groups in total. The highest BCUT2D eigenvalue weighted by atomic mass is 16.6. The van der Waals surface area contributed by atoms with Gasteiger partial charge in [-0.25, -0.2) is 0 Å². The van der Waals surface area contributed by atoms with Crippen LogP contribution in [0.25, 0.3) is 5.76 Å². The molecule has 0 bridgehead atoms. The highest BCUT2D eigenvalue weighted by Gasteiger charge is 2.47. The van der Waals surface area contributed by atoms with Gasteiger partial charge in [0.25, 0.3) is 17.4 Å². The molecule has 2 fully saturated rings. The third-order valence-corrected chi connectivity index (χ3v) is 5.70. The zero-order valence-corrected chi connectivity index (χ0v) is 17.4. The summed E-state index contributed by atoms with van der Waals surface area (Å²) in [4.78, 5) is 38.0. The summed E-state index contributed by atoms with van der Waals surface area (Å²) in [6.07, 6.45) is 1.42. The predicted molar refractivity (Wildman–Crippen MR) is 114 cm³/mol. The minimum atomic E-state index is -0.881. The van der Waals surface area contributed by atoms with Crippen molar-refractivity contribution in [3.63, 3.8) is 0 Å². The molecule has 2 aliphatic rings. The van der Waals surface area contributed by atoms with E-state index < -0.39 is 28.4 Å². The number of methoxy groups -OCH3 is 1. The second-order valence-corrected chi connectivity index (χ2v) is 7.67. The van der Waals surface area contributed by atoms with Gasteiger partial charge in [-0.1, -0.05) is 24.3 Å². The normalized spacial score (nSPS) is 22.3. The first kappa shape index (κ1) is 21.5. The second kappa shape index (κ2) is 8.80. The standard InChI is InChI=1S/C23H22N2O7/c1-31-17-8-3-5-14(12-17)20-19(21(26)15-6-2-7-16(11-15)25(29)30)22(27)23(28)24(20)13-18-9-4-10-32-18/h2-3,5-8,11-12,18,20,26H,4,9-10,13H2,1H3/b21-19-. The Morgan fingerprint density at radius 3 is 2.72 bits per heavy atom. The van der Waals surface area contributed by atoms with Crippen molar-refractivity contribution in [1.29, 1.82) is 0 Å². The van der Waals surface area contributed by atoms with Crippen LogP contribution >= 0.6 is 0 Å². The van der Waals surface area contributed by atoms with E-state index in [1.165, 1.54) is 36.3 Å². The average Bonchev–Trinajstić information content (AvgIpc) is 3.41. The number of carbonyl (C=O) groups excluding carboxylic acids is 2. The molecule has 166 valence electrons. The molecule has 4 rings (SSSR count). The van der Waals surface area contributed by atoms with Crippen LogP contribution in [0.1, 0.15) is 30.0 Å². The fourth-order valence-corrected chi connectivity index (χ4v) is 4.16. The first-order valence-electron chi connectivity index (χ1n) is 10.2. The minimum Gasteiger partial charge on any atom is -0.507 e. The average molecular weight is 438 g/mol. The van der Waals surface area contributed by atoms with Gasteiger partial charge in [0.05, 0.1) is 29.8 Å². The maximum Gasteiger partial charge on any atom is 0.295 e. The van der Waals surface area contributed by atoms with E-state index in [0.29, 0.717) is 17.9 Å². The van der Waals surface area contributed by atoms with Crippen molar-refractivity contribution in [1.82, 2.24) is 4.90 Å². The molecule has 32 heavy (non-hydrogen) atoms. The van der Waals surface area contributed by atoms with Gasteiger partial charge in [-0.3, -0.25) is 19.7 Å². The lowest BCUT2D eigenvalue weighted by Crippen LogP contribution is -2.36. The lowest BCUT2D eigenvalue weighted by Gasteiger charge is -2.27. The summed E-state index contributed by atoms with van der Waals surface area (Å²) in [5.74, 6) is -1.53. The van der Waals surface area contributed by atoms with E-state index >= 15 is 0 Å². The number of nitrogens with zero attached hydrogens (tertiary/aromatic N) is 2. The van der Waals surface area contributed by atoms with Crippen LogP contribution in [0.5, 0.6) is 5.75 Å². The molecule has 0 aliphatic carbocycles. The van der Waals surface area contributed by atoms with Gasteiger partial charge in [0.15, 0.2) is 0 Å². The fourth-order valence-electron chi connectivity index (χ4n) is 4.16. The van der Waals surface area contributed by atoms with Crippen LogP contribution in [-0.2, 0) is 14.3 Å². The number of aliphatic hydroxyl groups is 1. The van der Waals surface area contributed by atoms with E-state index in [0.717, 1.165) is 12.8 Å². The number of carbonyl (C=O) groups is 2. The number of hydrogen-bond donors (Lipinski definition) is 1. The van der Waals surface area contributed by atoms with Crippen molar-refractivity contribution in [2.24, 2.45) is 0 Å². The van der Waals surface area contributed by atoms with Gasteiger partial charge in [-0.05, 0) is 30.5 Å². The maximum atomic E-state index is 13.0. The van der Waals surface area contributed by atoms with Crippen molar-refractivity contribution in [3.8, 4) is 5.75 Å². The van der Waals surface area contributed by atoms with E-state index in [-0.39, 0.29) is 29.5 Å². The summed E-state index contributed by atoms with van der Waals surface area (Å²) in [5, 5.41) is 22.2. The van der Waals surface area contributed by atoms with Crippen molar-refractivity contribution in [2.75, 3.05) is 20.3 Å². The number of ether oxygens (including phenoxy) is 2. The number of nitro benzene ring substituents is 1. The zero-order chi connectivity index (χ0) is 22.8. The van der Waals surface area contributed by atoms with Gasteiger partial charge in [0.2, 0.25) is 0 Å². The Hall–Kier alpha value is -3.72. The fraction of sp³-hybridized carbons (Fsp3) is 0.304. The first-order chi connectivity index (χ1) is 15.4. The number of benzene rings is 2. The highest BCUT2D eigenvalue weighted by molar-refractivity contribution is 6.46. The van der Waals surface area contributed by atoms with Crippen molar-refractivity contribution >= 4 is 23.1 Å². The molecular weight excluding hydrogens is 416 g/mol. The smallest absolute Gasteiger partial charge is 0.295 e. The second-order valence-electron chi connectivity index (χ2n) is 7.67. The van der Waals surface area contributed by atoms with E-state index in [1.807, 2.05) is 0 Å². The molecule has 0 aromatic heterocycles. The maximum absolute atomic E-state index is 13.0. The molecule has 2 heterocycles. The van der Waals surface area contributed by atoms with Crippen LogP contribution in [0.15, 0.2) is 54.1 Å². The number of amides is 1. The van der Waals surface area contributed by atoms with Gasteiger partial charge < -0.3 is 19.5 Å². The van der Waals surface area contributed by atoms with E-state index in [2.05, 4.69) is 0 Å². The van der Waals surface area contributed by atoms with Crippen LogP contribution in [0.2, 0.25) is 0 Å². The molecule has 2 aromatic rings. The highest BCUT2D eigenvalue weighted by Crippen LogP contribution is 2.41. The van der Waals surface area contributed by atoms with Crippen molar-refractivity contribution in [2.45, 2.75) is 25.0 Å². The zero-order valence-electron chi connectivity index (χ0n) is 17.4. The molecule has 2 atom stereocenters. The van der Waals surface area contributed by atoms with Gasteiger partial charge >= 0.3 is 0 Å². The van der Waals surface area contributed by atoms with Gasteiger partial charge in [0, 0.05) is 30.8 Å². The molecule has 2 unspecified atom stereocenters. The molecule has 0 saturated carbocycles. The lowest BCUT2D eigenvalue weighted by atomic mass is 9.95. The number of rotatable bonds is 6. The summed E-state index contributed by atoms with van der Waals surface area (Å²) in [7, 11) is 1.51. The topological polar surface area (TPSA) is 119 Å². The monoisotopic (exact) mass is 438 g/mol. The largest absolute Gasteiger partial charge is 0.507 e. The number of hydrogen-bond acceptors (Lipinski definition) is 7. The molecule has 9 heteroatoms. The molecule has 9 nitrogen and oxygen atoms in total. The third-order valence-electron chi connectivity index (χ3n) is 5.70. The molecule has 0 radical (unpaired) electrons. The van der Waals surface area contributed by atoms with E-state index in [4.69, 9.17) is 9.47 Å². The quantitative estimate of drug-likeness (QED) is 0.242. The lowest BCUT2D eigenvalue weighted by molar-refractivity contribution is -0.384. The Kier molecular flexibility index (Phi) is 5.91. The third kappa shape index (κ3) is 3.94. The minimum absolute atomic E-state index is 0.0854. The van der Waals surface area contributed by atoms with Gasteiger partial charge in [0.1, 0.15) is 11.5 Å². The molecule has 1 amide bonds. The van der Waals surface area contributed by atoms with Crippen LogP contribution < -0.4 is 4.74 Å². The Morgan fingerprint density at radius 2 is 2.03 bits per heavy atom. The molecule has 2 aliphatic heterocycles.